The minimum atomic E-state index is 0.943. The minimum absolute atomic E-state index is 0.943. The van der Waals surface area contributed by atoms with Crippen molar-refractivity contribution in [3.63, 3.8) is 0 Å². The van der Waals surface area contributed by atoms with E-state index in [2.05, 4.69) is 338 Å². The Kier molecular flexibility index (Phi) is 21.5. The Labute approximate surface area is 653 Å². The highest BCUT2D eigenvalue weighted by Gasteiger charge is 2.18. The molecule has 21 aromatic rings. The van der Waals surface area contributed by atoms with E-state index in [1.807, 2.05) is 75.1 Å². The molecule has 112 heavy (non-hydrogen) atoms. The highest BCUT2D eigenvalue weighted by Crippen LogP contribution is 2.37. The average Bonchev–Trinajstić information content (AvgIpc) is 1.80. The van der Waals surface area contributed by atoms with E-state index in [-0.39, 0.29) is 0 Å². The second-order valence-corrected chi connectivity index (χ2v) is 28.6. The van der Waals surface area contributed by atoms with Gasteiger partial charge in [0.25, 0.3) is 0 Å². The summed E-state index contributed by atoms with van der Waals surface area (Å²) < 4.78 is 16.3. The molecular weight excluding hydrogens is 1380 g/mol. The van der Waals surface area contributed by atoms with Gasteiger partial charge in [-0.3, -0.25) is 29.9 Å². The molecule has 0 aliphatic heterocycles. The molecule has 15 nitrogen and oxygen atoms in total. The third kappa shape index (κ3) is 13.5. The summed E-state index contributed by atoms with van der Waals surface area (Å²) in [4.78, 5) is 34.2. The van der Waals surface area contributed by atoms with Crippen LogP contribution in [0.25, 0.3) is 153 Å². The van der Waals surface area contributed by atoms with Crippen LogP contribution >= 0.6 is 0 Å². The highest BCUT2D eigenvalue weighted by molar-refractivity contribution is 6.13. The number of hydrogen-bond acceptors (Lipinski definition) is 8. The third-order valence-corrected chi connectivity index (χ3v) is 22.1. The van der Waals surface area contributed by atoms with Crippen LogP contribution in [0.15, 0.2) is 250 Å². The maximum absolute atomic E-state index is 4.41. The molecule has 0 N–H and O–H groups in total. The standard InChI is InChI=1S/6C14H14N2.C13H13N3/c1-3-16-13-5-4-10(2)8-11(13)12-9-15-7-6-14(12)16;1-3-16-13-6-7-15-9-12(13)11-5-4-10(2)8-14(11)16;1-3-16-12-7-8-15-9-11(12)14-10(2)5-4-6-13(14)16;1-3-16-12-6-4-5-10(2)14(12)11-7-8-15-9-13(11)16;1-3-16-13-7-8-15-9-12(13)11-6-4-5-10(2)14(11)16;1-3-16-13-7-5-4-6-11(13)12-8-9-15-10(2)14(12)16;1-3-16-11-7-5-4-6-10(11)12-13(16)9(2)14-8-15-12/h6*4-9H,3H2,1-2H3;4-8H,3H2,1-2H3. The second kappa shape index (κ2) is 32.4. The Bertz CT molecular complexity index is 6560. The Morgan fingerprint density at radius 3 is 1.26 bits per heavy atom. The van der Waals surface area contributed by atoms with Crippen LogP contribution in [0.2, 0.25) is 0 Å². The predicted octanol–water partition coefficient (Wildman–Crippen LogP) is 24.0. The molecule has 21 rings (SSSR count). The topological polar surface area (TPSA) is 138 Å². The molecule has 0 atom stereocenters. The first-order valence-electron chi connectivity index (χ1n) is 39.4. The summed E-state index contributed by atoms with van der Waals surface area (Å²) in [5.74, 6) is 0. The molecule has 15 heteroatoms. The first-order chi connectivity index (χ1) is 54.7. The van der Waals surface area contributed by atoms with E-state index in [4.69, 9.17) is 0 Å². The molecular formula is C97H97N15. The number of pyridine rings is 6. The Morgan fingerprint density at radius 2 is 0.625 bits per heavy atom. The van der Waals surface area contributed by atoms with Crippen molar-refractivity contribution in [2.24, 2.45) is 0 Å². The van der Waals surface area contributed by atoms with E-state index in [9.17, 15) is 0 Å². The zero-order valence-electron chi connectivity index (χ0n) is 66.8. The molecule has 0 aliphatic carbocycles. The first-order valence-corrected chi connectivity index (χ1v) is 39.4. The lowest BCUT2D eigenvalue weighted by molar-refractivity contribution is 0.820. The van der Waals surface area contributed by atoms with Gasteiger partial charge in [0.1, 0.15) is 6.33 Å². The normalized spacial score (nSPS) is 11.4. The van der Waals surface area contributed by atoms with Crippen LogP contribution in [0.4, 0.5) is 0 Å². The van der Waals surface area contributed by atoms with E-state index in [0.717, 1.165) is 68.2 Å². The van der Waals surface area contributed by atoms with Gasteiger partial charge in [-0.2, -0.15) is 0 Å². The molecule has 0 saturated carbocycles. The summed E-state index contributed by atoms with van der Waals surface area (Å²) in [5.41, 5.74) is 27.7. The molecule has 0 radical (unpaired) electrons. The molecule has 14 aromatic heterocycles. The number of fused-ring (bicyclic) bond motifs is 21. The summed E-state index contributed by atoms with van der Waals surface area (Å²) in [6.07, 6.45) is 22.7. The van der Waals surface area contributed by atoms with Gasteiger partial charge in [-0.15, -0.1) is 0 Å². The molecule has 0 saturated heterocycles. The summed E-state index contributed by atoms with van der Waals surface area (Å²) in [6, 6.07) is 62.1. The van der Waals surface area contributed by atoms with Gasteiger partial charge >= 0.3 is 0 Å². The minimum Gasteiger partial charge on any atom is -0.341 e. The lowest BCUT2D eigenvalue weighted by atomic mass is 10.1. The molecule has 0 fully saturated rings. The van der Waals surface area contributed by atoms with E-state index in [1.165, 1.54) is 170 Å². The van der Waals surface area contributed by atoms with Gasteiger partial charge in [-0.25, -0.2) is 9.97 Å². The molecule has 0 spiro atoms. The molecule has 0 aliphatic rings. The van der Waals surface area contributed by atoms with Crippen molar-refractivity contribution in [2.75, 3.05) is 0 Å². The van der Waals surface area contributed by atoms with Gasteiger partial charge < -0.3 is 32.0 Å². The summed E-state index contributed by atoms with van der Waals surface area (Å²) in [7, 11) is 0. The van der Waals surface area contributed by atoms with Crippen LogP contribution in [0.5, 0.6) is 0 Å². The lowest BCUT2D eigenvalue weighted by Gasteiger charge is -2.04. The van der Waals surface area contributed by atoms with E-state index >= 15 is 0 Å². The first kappa shape index (κ1) is 74.6. The molecule has 0 amide bonds. The fourth-order valence-corrected chi connectivity index (χ4v) is 17.2. The van der Waals surface area contributed by atoms with Crippen LogP contribution in [-0.4, -0.2) is 71.8 Å². The SMILES string of the molecule is CCn1c2ccccc2c2ccnc(C)c21.CCn1c2ccccc2c2ncnc(C)c21.CCn1c2ccncc2c2c(C)cccc21.CCn1c2ccncc2c2cc(C)ccc21.CCn1c2ccncc2c2ccc(C)cc21.CCn1c2ccncc2c2cccc(C)c21.CCn1c2cnccc2c2c(C)cccc21. The fraction of sp³-hybridized carbons (Fsp3) is 0.216. The van der Waals surface area contributed by atoms with Crippen molar-refractivity contribution in [1.82, 2.24) is 71.8 Å². The zero-order valence-corrected chi connectivity index (χ0v) is 66.8. The highest BCUT2D eigenvalue weighted by atomic mass is 15.0. The van der Waals surface area contributed by atoms with Gasteiger partial charge in [-0.1, -0.05) is 103 Å². The third-order valence-electron chi connectivity index (χ3n) is 22.1. The smallest absolute Gasteiger partial charge is 0.116 e. The molecule has 0 bridgehead atoms. The van der Waals surface area contributed by atoms with E-state index in [0.29, 0.717) is 0 Å². The van der Waals surface area contributed by atoms with Crippen LogP contribution in [0.3, 0.4) is 0 Å². The number of aromatic nitrogens is 15. The number of aryl methyl sites for hydroxylation is 14. The monoisotopic (exact) mass is 1470 g/mol. The van der Waals surface area contributed by atoms with Gasteiger partial charge in [0, 0.05) is 205 Å². The average molecular weight is 1470 g/mol. The number of nitrogens with zero attached hydrogens (tertiary/aromatic N) is 15. The van der Waals surface area contributed by atoms with Crippen molar-refractivity contribution in [2.45, 2.75) is 143 Å². The lowest BCUT2D eigenvalue weighted by Crippen LogP contribution is -1.96. The Balaban J connectivity index is 0.000000103. The van der Waals surface area contributed by atoms with Crippen molar-refractivity contribution in [1.29, 1.82) is 0 Å². The molecule has 14 heterocycles. The van der Waals surface area contributed by atoms with Crippen LogP contribution in [-0.2, 0) is 45.8 Å². The molecule has 7 aromatic carbocycles. The summed E-state index contributed by atoms with van der Waals surface area (Å²) in [6.45, 7) is 37.0. The van der Waals surface area contributed by atoms with Gasteiger partial charge in [-0.05, 0) is 198 Å². The second-order valence-electron chi connectivity index (χ2n) is 28.6. The summed E-state index contributed by atoms with van der Waals surface area (Å²) >= 11 is 0. The number of benzene rings is 7. The van der Waals surface area contributed by atoms with Crippen molar-refractivity contribution in [3.05, 3.63) is 290 Å². The van der Waals surface area contributed by atoms with Crippen molar-refractivity contribution >= 4 is 153 Å². The van der Waals surface area contributed by atoms with E-state index in [1.54, 1.807) is 6.33 Å². The van der Waals surface area contributed by atoms with Gasteiger partial charge in [0.05, 0.1) is 72.8 Å². The van der Waals surface area contributed by atoms with Crippen molar-refractivity contribution < 1.29 is 0 Å². The number of rotatable bonds is 7. The Hall–Kier alpha value is -12.9. The maximum atomic E-state index is 4.41. The summed E-state index contributed by atoms with van der Waals surface area (Å²) in [5, 5.41) is 16.8. The number of hydrogen-bond donors (Lipinski definition) is 0. The van der Waals surface area contributed by atoms with Gasteiger partial charge in [0.2, 0.25) is 0 Å². The Morgan fingerprint density at radius 1 is 0.232 bits per heavy atom. The van der Waals surface area contributed by atoms with Crippen LogP contribution < -0.4 is 0 Å². The zero-order chi connectivity index (χ0) is 77.8. The molecule has 560 valence electrons. The van der Waals surface area contributed by atoms with E-state index < -0.39 is 0 Å². The maximum Gasteiger partial charge on any atom is 0.116 e. The number of para-hydroxylation sites is 3. The predicted molar refractivity (Wildman–Crippen MR) is 471 cm³/mol. The largest absolute Gasteiger partial charge is 0.341 e. The van der Waals surface area contributed by atoms with Crippen molar-refractivity contribution in [3.8, 4) is 0 Å². The fourth-order valence-electron chi connectivity index (χ4n) is 17.2. The quantitative estimate of drug-likeness (QED) is 0.154. The van der Waals surface area contributed by atoms with Crippen LogP contribution in [0.1, 0.15) is 87.7 Å². The molecule has 0 unspecified atom stereocenters. The van der Waals surface area contributed by atoms with Crippen LogP contribution in [0, 0.1) is 48.5 Å². The van der Waals surface area contributed by atoms with Gasteiger partial charge in [0.15, 0.2) is 0 Å².